The smallest absolute Gasteiger partial charge is 0.284 e. The zero-order valence-corrected chi connectivity index (χ0v) is 35.9. The van der Waals surface area contributed by atoms with E-state index in [1.54, 1.807) is 21.8 Å². The number of halogens is 5. The van der Waals surface area contributed by atoms with Crippen molar-refractivity contribution in [1.82, 2.24) is 44.8 Å². The molecular weight excluding hydrogens is 850 g/mol. The maximum absolute atomic E-state index is 14.6. The fraction of sp³-hybridized carbons (Fsp3) is 0.537. The Labute approximate surface area is 368 Å². The van der Waals surface area contributed by atoms with Gasteiger partial charge in [-0.05, 0) is 88.1 Å². The number of benzene rings is 1. The van der Waals surface area contributed by atoms with Gasteiger partial charge < -0.3 is 26.2 Å². The molecule has 5 aromatic rings. The molecule has 0 radical (unpaired) electrons. The molecule has 3 amide bonds. The maximum atomic E-state index is 14.6. The van der Waals surface area contributed by atoms with E-state index in [-0.39, 0.29) is 84.9 Å². The molecule has 4 aliphatic rings. The third kappa shape index (κ3) is 9.07. The largest absolute Gasteiger partial charge is 0.371 e. The molecule has 7 heterocycles. The molecule has 1 saturated carbocycles. The van der Waals surface area contributed by atoms with Crippen LogP contribution in [0.4, 0.5) is 30.4 Å². The summed E-state index contributed by atoms with van der Waals surface area (Å²) < 4.78 is 48.1. The van der Waals surface area contributed by atoms with Crippen molar-refractivity contribution in [1.29, 1.82) is 0 Å². The highest BCUT2D eigenvalue weighted by Crippen LogP contribution is 2.37. The van der Waals surface area contributed by atoms with Gasteiger partial charge >= 0.3 is 0 Å². The Bertz CT molecular complexity index is 2400. The minimum atomic E-state index is -2.92. The summed E-state index contributed by atoms with van der Waals surface area (Å²) >= 11 is 0. The van der Waals surface area contributed by atoms with Crippen molar-refractivity contribution in [3.63, 3.8) is 0 Å². The molecule has 1 aliphatic carbocycles. The van der Waals surface area contributed by atoms with Crippen LogP contribution in [0.5, 0.6) is 0 Å². The lowest BCUT2D eigenvalue weighted by atomic mass is 9.85. The van der Waals surface area contributed by atoms with E-state index >= 15 is 0 Å². The average Bonchev–Trinajstić information content (AvgIpc) is 3.94. The molecular formula is C41H52Cl2F3N13O3. The highest BCUT2D eigenvalue weighted by molar-refractivity contribution is 6.12. The number of aromatic nitrogens is 7. The topological polar surface area (TPSA) is 186 Å². The second kappa shape index (κ2) is 18.8. The first-order valence-corrected chi connectivity index (χ1v) is 20.9. The van der Waals surface area contributed by atoms with Gasteiger partial charge in [0, 0.05) is 74.9 Å². The minimum absolute atomic E-state index is 0. The number of alkyl halides is 3. The maximum Gasteiger partial charge on any atom is 0.284 e. The van der Waals surface area contributed by atoms with E-state index in [0.717, 1.165) is 74.7 Å². The second-order valence-electron chi connectivity index (χ2n) is 16.8. The summed E-state index contributed by atoms with van der Waals surface area (Å²) in [5.41, 5.74) is 8.56. The fourth-order valence-corrected chi connectivity index (χ4v) is 9.55. The number of nitrogens with one attached hydrogen (secondary N) is 3. The molecule has 3 saturated heterocycles. The van der Waals surface area contributed by atoms with Gasteiger partial charge in [-0.2, -0.15) is 10.2 Å². The lowest BCUT2D eigenvalue weighted by Crippen LogP contribution is -2.48. The summed E-state index contributed by atoms with van der Waals surface area (Å²) in [7, 11) is 1.88. The van der Waals surface area contributed by atoms with Crippen LogP contribution in [0.1, 0.15) is 97.9 Å². The van der Waals surface area contributed by atoms with Crippen molar-refractivity contribution in [3.8, 4) is 0 Å². The number of amides is 3. The lowest BCUT2D eigenvalue weighted by molar-refractivity contribution is -0.134. The van der Waals surface area contributed by atoms with Gasteiger partial charge in [0.15, 0.2) is 17.2 Å². The third-order valence-corrected chi connectivity index (χ3v) is 12.7. The zero-order valence-electron chi connectivity index (χ0n) is 34.3. The molecule has 4 fully saturated rings. The Morgan fingerprint density at radius 2 is 1.77 bits per heavy atom. The quantitative estimate of drug-likeness (QED) is 0.135. The predicted molar refractivity (Wildman–Crippen MR) is 232 cm³/mol. The van der Waals surface area contributed by atoms with Crippen molar-refractivity contribution in [3.05, 3.63) is 59.8 Å². The number of nitrogens with zero attached hydrogens (tertiary/aromatic N) is 9. The molecule has 0 bridgehead atoms. The molecule has 21 heteroatoms. The number of aryl methyl sites for hydroxylation is 1. The van der Waals surface area contributed by atoms with Gasteiger partial charge in [0.05, 0.1) is 35.4 Å². The zero-order chi connectivity index (χ0) is 41.7. The third-order valence-electron chi connectivity index (χ3n) is 12.7. The summed E-state index contributed by atoms with van der Waals surface area (Å²) in [5.74, 6) is -1.01. The SMILES string of the molecule is Cl.Cl.Cn1nc(C2CCC(=O)NC2=O)c2ccc(N3CCC(NCC4CCC(n5cc(NC(=O)c6c(N7C[C@H](N)C[C@@H](F)C7)nn7cccnc67)c(C(F)F)n5)CC4)CC3)cc21. The van der Waals surface area contributed by atoms with E-state index in [2.05, 4.69) is 53.3 Å². The standard InChI is InChI=1S/C41H50F3N13O3.2ClH/c1-53-32-18-28(7-8-29(32)35(50-53)30-9-10-33(58)49-40(30)59)54-15-11-26(12-16-54)47-19-23-3-5-27(6-4-23)57-22-31(36(51-57)37(43)44)48-41(60)34-38-46-13-2-14-56(38)52-39(34)55-20-24(42)17-25(45)21-55;;/h2,7-8,13-14,18,22-27,30,37,47H,3-6,9-12,15-17,19-21,45H2,1H3,(H,48,60)(H,49,58,59);2*1H/t23?,24-,25-,27?,30?;;/m1../s1. The van der Waals surface area contributed by atoms with Crippen molar-refractivity contribution in [2.45, 2.75) is 94.4 Å². The average molecular weight is 903 g/mol. The van der Waals surface area contributed by atoms with E-state index in [0.29, 0.717) is 30.5 Å². The highest BCUT2D eigenvalue weighted by Gasteiger charge is 2.35. The van der Waals surface area contributed by atoms with Gasteiger partial charge in [0.2, 0.25) is 11.8 Å². The van der Waals surface area contributed by atoms with E-state index in [9.17, 15) is 27.6 Å². The van der Waals surface area contributed by atoms with Gasteiger partial charge in [-0.1, -0.05) is 0 Å². The predicted octanol–water partition coefficient (Wildman–Crippen LogP) is 5.23. The van der Waals surface area contributed by atoms with E-state index in [4.69, 9.17) is 5.73 Å². The first-order chi connectivity index (χ1) is 29.0. The number of anilines is 3. The highest BCUT2D eigenvalue weighted by atomic mass is 35.5. The first kappa shape index (κ1) is 45.1. The van der Waals surface area contributed by atoms with Gasteiger partial charge in [-0.15, -0.1) is 29.9 Å². The van der Waals surface area contributed by atoms with E-state index in [1.165, 1.54) is 16.9 Å². The summed E-state index contributed by atoms with van der Waals surface area (Å²) in [6.07, 6.45) is 6.82. The van der Waals surface area contributed by atoms with Gasteiger partial charge in [0.1, 0.15) is 11.7 Å². The van der Waals surface area contributed by atoms with Crippen LogP contribution >= 0.6 is 24.8 Å². The van der Waals surface area contributed by atoms with Crippen LogP contribution in [0.3, 0.4) is 0 Å². The van der Waals surface area contributed by atoms with Crippen LogP contribution in [0.2, 0.25) is 0 Å². The Balaban J connectivity index is 0.00000289. The first-order valence-electron chi connectivity index (χ1n) is 20.9. The lowest BCUT2D eigenvalue weighted by Gasteiger charge is -2.35. The Morgan fingerprint density at radius 3 is 2.50 bits per heavy atom. The van der Waals surface area contributed by atoms with Crippen molar-refractivity contribution >= 4 is 76.3 Å². The number of carbonyl (C=O) groups excluding carboxylic acids is 3. The molecule has 3 atom stereocenters. The molecule has 3 aliphatic heterocycles. The number of piperidine rings is 3. The minimum Gasteiger partial charge on any atom is -0.371 e. The Kier molecular flexibility index (Phi) is 13.6. The van der Waals surface area contributed by atoms with Gasteiger partial charge in [-0.3, -0.25) is 29.1 Å². The molecule has 4 aromatic heterocycles. The summed E-state index contributed by atoms with van der Waals surface area (Å²) in [5, 5.41) is 23.3. The van der Waals surface area contributed by atoms with Crippen molar-refractivity contribution in [2.75, 3.05) is 47.8 Å². The number of hydrogen-bond donors (Lipinski definition) is 4. The molecule has 62 heavy (non-hydrogen) atoms. The van der Waals surface area contributed by atoms with Crippen molar-refractivity contribution in [2.24, 2.45) is 18.7 Å². The summed E-state index contributed by atoms with van der Waals surface area (Å²) in [6.45, 7) is 2.96. The molecule has 1 unspecified atom stereocenters. The monoisotopic (exact) mass is 901 g/mol. The fourth-order valence-electron chi connectivity index (χ4n) is 9.55. The Morgan fingerprint density at radius 1 is 1.00 bits per heavy atom. The van der Waals surface area contributed by atoms with Crippen LogP contribution in [0, 0.1) is 5.92 Å². The molecule has 0 spiro atoms. The van der Waals surface area contributed by atoms with Crippen LogP contribution in [0.25, 0.3) is 16.6 Å². The van der Waals surface area contributed by atoms with Crippen LogP contribution in [-0.2, 0) is 16.6 Å². The molecule has 9 rings (SSSR count). The van der Waals surface area contributed by atoms with Crippen LogP contribution in [-0.4, -0.2) is 103 Å². The molecule has 1 aromatic carbocycles. The van der Waals surface area contributed by atoms with Crippen LogP contribution in [0.15, 0.2) is 42.9 Å². The number of imide groups is 1. The second-order valence-corrected chi connectivity index (χ2v) is 16.8. The van der Waals surface area contributed by atoms with Crippen LogP contribution < -0.4 is 31.5 Å². The number of nitrogens with two attached hydrogens (primary N) is 1. The number of fused-ring (bicyclic) bond motifs is 2. The van der Waals surface area contributed by atoms with Gasteiger partial charge in [0.25, 0.3) is 12.3 Å². The molecule has 5 N–H and O–H groups in total. The van der Waals surface area contributed by atoms with Crippen molar-refractivity contribution < 1.29 is 27.6 Å². The number of carbonyl (C=O) groups is 3. The number of hydrogen-bond acceptors (Lipinski definition) is 11. The van der Waals surface area contributed by atoms with E-state index in [1.807, 2.05) is 17.8 Å². The number of rotatable bonds is 10. The summed E-state index contributed by atoms with van der Waals surface area (Å²) in [6, 6.07) is 7.76. The van der Waals surface area contributed by atoms with Gasteiger partial charge in [-0.25, -0.2) is 22.7 Å². The Hall–Kier alpha value is -4.98. The summed E-state index contributed by atoms with van der Waals surface area (Å²) in [4.78, 5) is 46.4. The molecule has 334 valence electrons. The molecule has 16 nitrogen and oxygen atoms in total. The normalized spacial score (nSPS) is 23.7. The van der Waals surface area contributed by atoms with E-state index < -0.39 is 36.2 Å².